The Morgan fingerprint density at radius 3 is 2.82 bits per heavy atom. The molecular weight excluding hydrogens is 356 g/mol. The number of anilines is 1. The molecule has 2 aromatic carbocycles. The number of rotatable bonds is 6. The molecule has 4 rings (SSSR count). The number of urea groups is 1. The Bertz CT molecular complexity index is 801. The Balaban J connectivity index is 1.23. The number of hydrogen-bond acceptors (Lipinski definition) is 4. The van der Waals surface area contributed by atoms with Crippen molar-refractivity contribution in [2.75, 3.05) is 25.1 Å². The molecule has 0 saturated carbocycles. The zero-order valence-electron chi connectivity index (χ0n) is 15.9. The maximum atomic E-state index is 12.2. The van der Waals surface area contributed by atoms with E-state index in [9.17, 15) is 4.79 Å². The van der Waals surface area contributed by atoms with E-state index in [-0.39, 0.29) is 12.1 Å². The second-order valence-corrected chi connectivity index (χ2v) is 7.17. The van der Waals surface area contributed by atoms with Gasteiger partial charge in [0, 0.05) is 18.8 Å². The van der Waals surface area contributed by atoms with Crippen molar-refractivity contribution in [3.63, 3.8) is 0 Å². The summed E-state index contributed by atoms with van der Waals surface area (Å²) in [7, 11) is 0. The van der Waals surface area contributed by atoms with Crippen molar-refractivity contribution in [2.45, 2.75) is 38.3 Å². The highest BCUT2D eigenvalue weighted by Gasteiger charge is 2.16. The first kappa shape index (κ1) is 18.6. The molecule has 6 nitrogen and oxygen atoms in total. The van der Waals surface area contributed by atoms with Crippen LogP contribution >= 0.6 is 0 Å². The van der Waals surface area contributed by atoms with Gasteiger partial charge in [0.05, 0.1) is 12.7 Å². The first-order valence-corrected chi connectivity index (χ1v) is 9.90. The Kier molecular flexibility index (Phi) is 5.97. The van der Waals surface area contributed by atoms with Crippen LogP contribution in [-0.4, -0.2) is 32.0 Å². The highest BCUT2D eigenvalue weighted by molar-refractivity contribution is 5.89. The predicted octanol–water partition coefficient (Wildman–Crippen LogP) is 3.89. The Hall–Kier alpha value is -2.73. The van der Waals surface area contributed by atoms with E-state index in [2.05, 4.69) is 16.7 Å². The molecule has 2 aromatic rings. The van der Waals surface area contributed by atoms with Crippen molar-refractivity contribution >= 4 is 11.7 Å². The van der Waals surface area contributed by atoms with Gasteiger partial charge in [-0.05, 0) is 67.1 Å². The fraction of sp³-hybridized carbons (Fsp3) is 0.409. The van der Waals surface area contributed by atoms with E-state index in [4.69, 9.17) is 14.2 Å². The molecule has 2 amide bonds. The fourth-order valence-electron chi connectivity index (χ4n) is 3.48. The van der Waals surface area contributed by atoms with Crippen LogP contribution in [0, 0.1) is 0 Å². The molecule has 6 heteroatoms. The van der Waals surface area contributed by atoms with Crippen LogP contribution in [0.2, 0.25) is 0 Å². The monoisotopic (exact) mass is 382 g/mol. The van der Waals surface area contributed by atoms with Crippen LogP contribution in [0.15, 0.2) is 42.5 Å². The SMILES string of the molecule is O=C(NCc1ccc2c(c1)CCCO2)Nc1ccc(OCC2CCCO2)cc1. The molecule has 2 aliphatic heterocycles. The van der Waals surface area contributed by atoms with E-state index >= 15 is 0 Å². The standard InChI is InChI=1S/C22H26N2O4/c25-22(23-14-16-5-10-21-17(13-16)3-1-12-27-21)24-18-6-8-19(9-7-18)28-15-20-4-2-11-26-20/h5-10,13,20H,1-4,11-12,14-15H2,(H2,23,24,25). The molecule has 2 aliphatic rings. The Labute approximate surface area is 165 Å². The average Bonchev–Trinajstić information content (AvgIpc) is 3.25. The molecule has 2 N–H and O–H groups in total. The van der Waals surface area contributed by atoms with Gasteiger partial charge in [-0.3, -0.25) is 0 Å². The van der Waals surface area contributed by atoms with E-state index in [0.29, 0.717) is 13.2 Å². The number of ether oxygens (including phenoxy) is 3. The minimum atomic E-state index is -0.234. The van der Waals surface area contributed by atoms with E-state index in [0.717, 1.165) is 61.6 Å². The van der Waals surface area contributed by atoms with Crippen LogP contribution in [0.25, 0.3) is 0 Å². The molecule has 0 radical (unpaired) electrons. The molecule has 2 heterocycles. The van der Waals surface area contributed by atoms with Gasteiger partial charge >= 0.3 is 6.03 Å². The Morgan fingerprint density at radius 1 is 1.11 bits per heavy atom. The van der Waals surface area contributed by atoms with Gasteiger partial charge in [-0.15, -0.1) is 0 Å². The molecular formula is C22H26N2O4. The summed E-state index contributed by atoms with van der Waals surface area (Å²) >= 11 is 0. The van der Waals surface area contributed by atoms with E-state index in [1.54, 1.807) is 0 Å². The van der Waals surface area contributed by atoms with Gasteiger partial charge in [-0.25, -0.2) is 4.79 Å². The lowest BCUT2D eigenvalue weighted by atomic mass is 10.0. The lowest BCUT2D eigenvalue weighted by Gasteiger charge is -2.18. The summed E-state index contributed by atoms with van der Waals surface area (Å²) in [5, 5.41) is 5.74. The van der Waals surface area contributed by atoms with E-state index < -0.39 is 0 Å². The quantitative estimate of drug-likeness (QED) is 0.795. The number of hydrogen-bond donors (Lipinski definition) is 2. The normalized spacial score (nSPS) is 18.1. The highest BCUT2D eigenvalue weighted by atomic mass is 16.5. The number of amides is 2. The molecule has 1 fully saturated rings. The van der Waals surface area contributed by atoms with Crippen LogP contribution in [0.4, 0.5) is 10.5 Å². The van der Waals surface area contributed by atoms with Gasteiger partial charge in [0.2, 0.25) is 0 Å². The smallest absolute Gasteiger partial charge is 0.319 e. The molecule has 0 spiro atoms. The minimum Gasteiger partial charge on any atom is -0.493 e. The summed E-state index contributed by atoms with van der Waals surface area (Å²) < 4.78 is 16.9. The average molecular weight is 382 g/mol. The Morgan fingerprint density at radius 2 is 2.00 bits per heavy atom. The van der Waals surface area contributed by atoms with Gasteiger partial charge in [0.1, 0.15) is 18.1 Å². The molecule has 1 saturated heterocycles. The predicted molar refractivity (Wildman–Crippen MR) is 107 cm³/mol. The number of nitrogens with one attached hydrogen (secondary N) is 2. The van der Waals surface area contributed by atoms with Crippen molar-refractivity contribution in [2.24, 2.45) is 0 Å². The van der Waals surface area contributed by atoms with Crippen LogP contribution < -0.4 is 20.1 Å². The van der Waals surface area contributed by atoms with Crippen molar-refractivity contribution < 1.29 is 19.0 Å². The molecule has 1 unspecified atom stereocenters. The van der Waals surface area contributed by atoms with Crippen molar-refractivity contribution in [1.29, 1.82) is 0 Å². The number of aryl methyl sites for hydroxylation is 1. The van der Waals surface area contributed by atoms with Crippen molar-refractivity contribution in [1.82, 2.24) is 5.32 Å². The number of carbonyl (C=O) groups is 1. The number of fused-ring (bicyclic) bond motifs is 1. The summed E-state index contributed by atoms with van der Waals surface area (Å²) in [6.45, 7) is 2.65. The number of carbonyl (C=O) groups excluding carboxylic acids is 1. The summed E-state index contributed by atoms with van der Waals surface area (Å²) in [6, 6.07) is 13.2. The van der Waals surface area contributed by atoms with Crippen molar-refractivity contribution in [3.05, 3.63) is 53.6 Å². The third-order valence-corrected chi connectivity index (χ3v) is 5.00. The van der Waals surface area contributed by atoms with Gasteiger partial charge in [-0.1, -0.05) is 12.1 Å². The lowest BCUT2D eigenvalue weighted by Crippen LogP contribution is -2.28. The van der Waals surface area contributed by atoms with Crippen LogP contribution in [-0.2, 0) is 17.7 Å². The summed E-state index contributed by atoms with van der Waals surface area (Å²) in [4.78, 5) is 12.2. The van der Waals surface area contributed by atoms with Gasteiger partial charge in [-0.2, -0.15) is 0 Å². The zero-order chi connectivity index (χ0) is 19.2. The minimum absolute atomic E-state index is 0.193. The third kappa shape index (κ3) is 4.95. The van der Waals surface area contributed by atoms with Crippen LogP contribution in [0.1, 0.15) is 30.4 Å². The first-order valence-electron chi connectivity index (χ1n) is 9.90. The van der Waals surface area contributed by atoms with Gasteiger partial charge in [0.15, 0.2) is 0 Å². The second-order valence-electron chi connectivity index (χ2n) is 7.17. The molecule has 0 aliphatic carbocycles. The lowest BCUT2D eigenvalue weighted by molar-refractivity contribution is 0.0679. The van der Waals surface area contributed by atoms with Gasteiger partial charge < -0.3 is 24.8 Å². The van der Waals surface area contributed by atoms with Crippen molar-refractivity contribution in [3.8, 4) is 11.5 Å². The highest BCUT2D eigenvalue weighted by Crippen LogP contribution is 2.25. The second kappa shape index (κ2) is 8.97. The van der Waals surface area contributed by atoms with Crippen LogP contribution in [0.3, 0.4) is 0 Å². The molecule has 0 aromatic heterocycles. The van der Waals surface area contributed by atoms with Crippen LogP contribution in [0.5, 0.6) is 11.5 Å². The van der Waals surface area contributed by atoms with Gasteiger partial charge in [0.25, 0.3) is 0 Å². The maximum Gasteiger partial charge on any atom is 0.319 e. The molecule has 148 valence electrons. The fourth-order valence-corrected chi connectivity index (χ4v) is 3.48. The largest absolute Gasteiger partial charge is 0.493 e. The topological polar surface area (TPSA) is 68.8 Å². The maximum absolute atomic E-state index is 12.2. The molecule has 0 bridgehead atoms. The van der Waals surface area contributed by atoms with E-state index in [1.165, 1.54) is 5.56 Å². The third-order valence-electron chi connectivity index (χ3n) is 5.00. The summed E-state index contributed by atoms with van der Waals surface area (Å²) in [5.74, 6) is 1.74. The molecule has 1 atom stereocenters. The summed E-state index contributed by atoms with van der Waals surface area (Å²) in [6.07, 6.45) is 4.41. The number of benzene rings is 2. The molecule has 28 heavy (non-hydrogen) atoms. The van der Waals surface area contributed by atoms with E-state index in [1.807, 2.05) is 36.4 Å². The first-order chi connectivity index (χ1) is 13.8. The summed E-state index contributed by atoms with van der Waals surface area (Å²) in [5.41, 5.74) is 3.00. The zero-order valence-corrected chi connectivity index (χ0v) is 15.9.